The van der Waals surface area contributed by atoms with Crippen LogP contribution in [-0.4, -0.2) is 39.3 Å². The number of hydrogen-bond acceptors (Lipinski definition) is 5. The van der Waals surface area contributed by atoms with Crippen LogP contribution in [0.3, 0.4) is 0 Å². The van der Waals surface area contributed by atoms with Crippen LogP contribution in [0.2, 0.25) is 0 Å². The van der Waals surface area contributed by atoms with E-state index < -0.39 is 0 Å². The average Bonchev–Trinajstić information content (AvgIpc) is 3.50. The molecule has 9 heteroatoms. The van der Waals surface area contributed by atoms with E-state index in [-0.39, 0.29) is 24.6 Å². The summed E-state index contributed by atoms with van der Waals surface area (Å²) in [5.41, 5.74) is 5.71. The lowest BCUT2D eigenvalue weighted by molar-refractivity contribution is -0.119. The lowest BCUT2D eigenvalue weighted by atomic mass is 10.0. The first kappa shape index (κ1) is 24.6. The third kappa shape index (κ3) is 5.23. The van der Waals surface area contributed by atoms with Crippen molar-refractivity contribution in [1.29, 1.82) is 0 Å². The van der Waals surface area contributed by atoms with Gasteiger partial charge >= 0.3 is 0 Å². The van der Waals surface area contributed by atoms with Gasteiger partial charge in [-0.3, -0.25) is 14.8 Å². The van der Waals surface area contributed by atoms with E-state index in [1.165, 1.54) is 7.11 Å². The van der Waals surface area contributed by atoms with E-state index in [9.17, 15) is 4.79 Å². The molecule has 0 saturated carbocycles. The molecule has 5 rings (SSSR count). The van der Waals surface area contributed by atoms with Gasteiger partial charge in [0.1, 0.15) is 12.6 Å². The standard InChI is InChI=1S/C28H28N6O2S/c1-19-15-21(10-11-22(19)31-25(35)18-36-2)34-27(26(32-28(34)37)23-8-3-4-13-30-23)24-9-6-14-33(24)17-20-7-5-12-29-16-20/h3-16,26-27H,17-18H2,1-2H3,(H,31,35)(H,32,37). The fourth-order valence-electron chi connectivity index (χ4n) is 4.72. The van der Waals surface area contributed by atoms with Gasteiger partial charge in [-0.15, -0.1) is 0 Å². The van der Waals surface area contributed by atoms with Crippen LogP contribution >= 0.6 is 12.2 Å². The molecule has 0 bridgehead atoms. The summed E-state index contributed by atoms with van der Waals surface area (Å²) in [7, 11) is 1.50. The summed E-state index contributed by atoms with van der Waals surface area (Å²) < 4.78 is 7.17. The molecule has 0 spiro atoms. The third-order valence-corrected chi connectivity index (χ3v) is 6.69. The molecule has 1 aromatic carbocycles. The number of carbonyl (C=O) groups is 1. The highest BCUT2D eigenvalue weighted by atomic mass is 32.1. The fourth-order valence-corrected chi connectivity index (χ4v) is 5.06. The third-order valence-electron chi connectivity index (χ3n) is 6.38. The predicted octanol–water partition coefficient (Wildman–Crippen LogP) is 4.40. The number of aryl methyl sites for hydroxylation is 1. The maximum atomic E-state index is 12.1. The van der Waals surface area contributed by atoms with E-state index >= 15 is 0 Å². The number of aromatic nitrogens is 3. The number of thiocarbonyl (C=S) groups is 1. The van der Waals surface area contributed by atoms with Gasteiger partial charge in [-0.1, -0.05) is 12.1 Å². The minimum Gasteiger partial charge on any atom is -0.375 e. The molecule has 37 heavy (non-hydrogen) atoms. The topological polar surface area (TPSA) is 84.3 Å². The molecule has 2 atom stereocenters. The van der Waals surface area contributed by atoms with Crippen molar-refractivity contribution in [1.82, 2.24) is 19.9 Å². The number of nitrogens with one attached hydrogen (secondary N) is 2. The zero-order chi connectivity index (χ0) is 25.8. The van der Waals surface area contributed by atoms with E-state index in [2.05, 4.69) is 54.5 Å². The zero-order valence-corrected chi connectivity index (χ0v) is 21.5. The van der Waals surface area contributed by atoms with Gasteiger partial charge in [0.15, 0.2) is 5.11 Å². The first-order valence-electron chi connectivity index (χ1n) is 12.0. The SMILES string of the molecule is COCC(=O)Nc1ccc(N2C(=S)NC(c3ccccn3)C2c2cccn2Cc2cccnc2)cc1C. The first-order valence-corrected chi connectivity index (χ1v) is 12.4. The Kier molecular flexibility index (Phi) is 7.25. The quantitative estimate of drug-likeness (QED) is 0.339. The summed E-state index contributed by atoms with van der Waals surface area (Å²) in [6.07, 6.45) is 7.55. The highest BCUT2D eigenvalue weighted by molar-refractivity contribution is 7.80. The van der Waals surface area contributed by atoms with Gasteiger partial charge in [0.2, 0.25) is 5.91 Å². The van der Waals surface area contributed by atoms with Crippen molar-refractivity contribution in [3.63, 3.8) is 0 Å². The molecule has 4 aromatic rings. The summed E-state index contributed by atoms with van der Waals surface area (Å²) in [6.45, 7) is 2.66. The number of pyridine rings is 2. The van der Waals surface area contributed by atoms with Crippen molar-refractivity contribution >= 4 is 34.6 Å². The molecule has 188 valence electrons. The van der Waals surface area contributed by atoms with Gasteiger partial charge in [0.25, 0.3) is 0 Å². The number of rotatable bonds is 8. The summed E-state index contributed by atoms with van der Waals surface area (Å²) in [5, 5.41) is 7.03. The Labute approximate surface area is 221 Å². The highest BCUT2D eigenvalue weighted by Crippen LogP contribution is 2.42. The van der Waals surface area contributed by atoms with Gasteiger partial charge in [-0.05, 0) is 78.8 Å². The van der Waals surface area contributed by atoms with Gasteiger partial charge in [0, 0.05) is 55.5 Å². The average molecular weight is 513 g/mol. The second-order valence-electron chi connectivity index (χ2n) is 8.90. The molecule has 8 nitrogen and oxygen atoms in total. The van der Waals surface area contributed by atoms with Crippen LogP contribution in [0.4, 0.5) is 11.4 Å². The minimum atomic E-state index is -0.196. The first-order chi connectivity index (χ1) is 18.0. The monoisotopic (exact) mass is 512 g/mol. The maximum absolute atomic E-state index is 12.1. The van der Waals surface area contributed by atoms with Crippen LogP contribution in [0.5, 0.6) is 0 Å². The minimum absolute atomic E-state index is 0.00305. The maximum Gasteiger partial charge on any atom is 0.250 e. The molecule has 4 heterocycles. The molecule has 0 aliphatic carbocycles. The molecule has 1 saturated heterocycles. The van der Waals surface area contributed by atoms with Crippen LogP contribution in [0, 0.1) is 6.92 Å². The van der Waals surface area contributed by atoms with Crippen molar-refractivity contribution in [3.8, 4) is 0 Å². The van der Waals surface area contributed by atoms with Gasteiger partial charge in [-0.25, -0.2) is 0 Å². The van der Waals surface area contributed by atoms with E-state index in [1.807, 2.05) is 55.6 Å². The van der Waals surface area contributed by atoms with Crippen molar-refractivity contribution in [3.05, 3.63) is 108 Å². The molecule has 1 aliphatic heterocycles. The predicted molar refractivity (Wildman–Crippen MR) is 147 cm³/mol. The number of amides is 1. The van der Waals surface area contributed by atoms with Crippen molar-refractivity contribution in [2.75, 3.05) is 23.9 Å². The second-order valence-corrected chi connectivity index (χ2v) is 9.29. The summed E-state index contributed by atoms with van der Waals surface area (Å²) in [5.74, 6) is -0.196. The molecule has 2 unspecified atom stereocenters. The van der Waals surface area contributed by atoms with Crippen LogP contribution in [-0.2, 0) is 16.1 Å². The number of carbonyl (C=O) groups excluding carboxylic acids is 1. The lowest BCUT2D eigenvalue weighted by Gasteiger charge is -2.29. The zero-order valence-electron chi connectivity index (χ0n) is 20.7. The van der Waals surface area contributed by atoms with Crippen LogP contribution in [0.25, 0.3) is 0 Å². The van der Waals surface area contributed by atoms with Gasteiger partial charge < -0.3 is 24.8 Å². The van der Waals surface area contributed by atoms with Gasteiger partial charge in [0.05, 0.1) is 11.7 Å². The molecule has 2 N–H and O–H groups in total. The van der Waals surface area contributed by atoms with Crippen LogP contribution in [0.15, 0.2) is 85.5 Å². The second kappa shape index (κ2) is 10.9. The van der Waals surface area contributed by atoms with E-state index in [1.54, 1.807) is 12.4 Å². The Morgan fingerprint density at radius 2 is 2.03 bits per heavy atom. The number of hydrogen-bond donors (Lipinski definition) is 2. The smallest absolute Gasteiger partial charge is 0.250 e. The largest absolute Gasteiger partial charge is 0.375 e. The Morgan fingerprint density at radius 1 is 1.14 bits per heavy atom. The Hall–Kier alpha value is -4.08. The highest BCUT2D eigenvalue weighted by Gasteiger charge is 2.42. The molecular weight excluding hydrogens is 484 g/mol. The van der Waals surface area contributed by atoms with Crippen LogP contribution in [0.1, 0.15) is 34.6 Å². The molecule has 1 fully saturated rings. The van der Waals surface area contributed by atoms with Crippen molar-refractivity contribution in [2.45, 2.75) is 25.6 Å². The Morgan fingerprint density at radius 3 is 2.76 bits per heavy atom. The number of ether oxygens (including phenoxy) is 1. The van der Waals surface area contributed by atoms with E-state index in [0.717, 1.165) is 33.9 Å². The number of benzene rings is 1. The summed E-state index contributed by atoms with van der Waals surface area (Å²) >= 11 is 5.89. The number of nitrogens with zero attached hydrogens (tertiary/aromatic N) is 4. The summed E-state index contributed by atoms with van der Waals surface area (Å²) in [4.78, 5) is 23.1. The molecular formula is C28H28N6O2S. The number of anilines is 2. The summed E-state index contributed by atoms with van der Waals surface area (Å²) in [6, 6.07) is 19.7. The lowest BCUT2D eigenvalue weighted by Crippen LogP contribution is -2.30. The fraction of sp³-hybridized carbons (Fsp3) is 0.214. The molecule has 3 aromatic heterocycles. The Bertz CT molecular complexity index is 1390. The number of methoxy groups -OCH3 is 1. The molecule has 0 radical (unpaired) electrons. The van der Waals surface area contributed by atoms with Crippen molar-refractivity contribution < 1.29 is 9.53 Å². The normalized spacial score (nSPS) is 17.0. The molecule has 1 aliphatic rings. The molecule has 1 amide bonds. The van der Waals surface area contributed by atoms with E-state index in [4.69, 9.17) is 17.0 Å². The van der Waals surface area contributed by atoms with Crippen molar-refractivity contribution in [2.24, 2.45) is 0 Å². The van der Waals surface area contributed by atoms with E-state index in [0.29, 0.717) is 11.7 Å². The Balaban J connectivity index is 1.54. The van der Waals surface area contributed by atoms with Gasteiger partial charge in [-0.2, -0.15) is 0 Å². The van der Waals surface area contributed by atoms with Crippen LogP contribution < -0.4 is 15.5 Å².